The number of halogens is 3. The molecule has 0 radical (unpaired) electrons. The quantitative estimate of drug-likeness (QED) is 0.877. The van der Waals surface area contributed by atoms with Crippen LogP contribution in [0.4, 0.5) is 13.2 Å². The molecule has 1 aromatic carbocycles. The fourth-order valence-corrected chi connectivity index (χ4v) is 1.43. The SMILES string of the molecule is CC[C@@H](NC(=O)c1ccc(C(F)(F)F)cc1)C(N)=O. The minimum absolute atomic E-state index is 0.0349. The van der Waals surface area contributed by atoms with Gasteiger partial charge in [-0.1, -0.05) is 6.92 Å². The summed E-state index contributed by atoms with van der Waals surface area (Å²) in [5.41, 5.74) is 4.25. The molecule has 0 aliphatic carbocycles. The summed E-state index contributed by atoms with van der Waals surface area (Å²) in [5.74, 6) is -1.33. The van der Waals surface area contributed by atoms with E-state index < -0.39 is 29.6 Å². The number of benzene rings is 1. The maximum atomic E-state index is 12.3. The monoisotopic (exact) mass is 274 g/mol. The molecule has 1 aromatic rings. The minimum atomic E-state index is -4.45. The lowest BCUT2D eigenvalue weighted by atomic mass is 10.1. The third-order valence-corrected chi connectivity index (χ3v) is 2.53. The van der Waals surface area contributed by atoms with Gasteiger partial charge in [-0.05, 0) is 30.7 Å². The molecule has 0 unspecified atom stereocenters. The Morgan fingerprint density at radius 2 is 1.79 bits per heavy atom. The average Bonchev–Trinajstić information content (AvgIpc) is 2.34. The number of hydrogen-bond acceptors (Lipinski definition) is 2. The molecule has 1 rings (SSSR count). The summed E-state index contributed by atoms with van der Waals surface area (Å²) in [5, 5.41) is 2.35. The molecule has 3 N–H and O–H groups in total. The summed E-state index contributed by atoms with van der Waals surface area (Å²) in [4.78, 5) is 22.6. The lowest BCUT2D eigenvalue weighted by Crippen LogP contribution is -2.43. The van der Waals surface area contributed by atoms with E-state index in [9.17, 15) is 22.8 Å². The van der Waals surface area contributed by atoms with Crippen LogP contribution in [0.5, 0.6) is 0 Å². The van der Waals surface area contributed by atoms with Crippen LogP contribution in [0.15, 0.2) is 24.3 Å². The minimum Gasteiger partial charge on any atom is -0.368 e. The Morgan fingerprint density at radius 1 is 1.26 bits per heavy atom. The highest BCUT2D eigenvalue weighted by molar-refractivity contribution is 5.97. The van der Waals surface area contributed by atoms with Crippen molar-refractivity contribution in [3.8, 4) is 0 Å². The largest absolute Gasteiger partial charge is 0.416 e. The number of amides is 2. The van der Waals surface area contributed by atoms with Gasteiger partial charge in [-0.25, -0.2) is 0 Å². The first kappa shape index (κ1) is 15.0. The average molecular weight is 274 g/mol. The summed E-state index contributed by atoms with van der Waals surface area (Å²) < 4.78 is 37.0. The molecule has 7 heteroatoms. The van der Waals surface area contributed by atoms with Crippen molar-refractivity contribution in [2.45, 2.75) is 25.6 Å². The van der Waals surface area contributed by atoms with Crippen molar-refractivity contribution in [2.24, 2.45) is 5.73 Å². The van der Waals surface area contributed by atoms with Crippen molar-refractivity contribution in [1.82, 2.24) is 5.32 Å². The number of alkyl halides is 3. The second kappa shape index (κ2) is 5.73. The van der Waals surface area contributed by atoms with E-state index in [0.717, 1.165) is 24.3 Å². The van der Waals surface area contributed by atoms with Crippen LogP contribution in [0.1, 0.15) is 29.3 Å². The summed E-state index contributed by atoms with van der Waals surface area (Å²) in [6.07, 6.45) is -4.14. The molecule has 19 heavy (non-hydrogen) atoms. The van der Waals surface area contributed by atoms with Crippen molar-refractivity contribution in [2.75, 3.05) is 0 Å². The Labute approximate surface area is 107 Å². The van der Waals surface area contributed by atoms with E-state index in [4.69, 9.17) is 5.73 Å². The maximum Gasteiger partial charge on any atom is 0.416 e. The van der Waals surface area contributed by atoms with E-state index >= 15 is 0 Å². The first-order valence-electron chi connectivity index (χ1n) is 5.53. The molecular weight excluding hydrogens is 261 g/mol. The molecule has 0 spiro atoms. The van der Waals surface area contributed by atoms with Crippen LogP contribution in [-0.4, -0.2) is 17.9 Å². The van der Waals surface area contributed by atoms with Crippen molar-refractivity contribution in [3.63, 3.8) is 0 Å². The fourth-order valence-electron chi connectivity index (χ4n) is 1.43. The first-order chi connectivity index (χ1) is 8.75. The highest BCUT2D eigenvalue weighted by atomic mass is 19.4. The van der Waals surface area contributed by atoms with Crippen molar-refractivity contribution in [1.29, 1.82) is 0 Å². The van der Waals surface area contributed by atoms with Gasteiger partial charge in [0.25, 0.3) is 5.91 Å². The predicted octanol–water partition coefficient (Wildman–Crippen LogP) is 1.70. The topological polar surface area (TPSA) is 72.2 Å². The van der Waals surface area contributed by atoms with Gasteiger partial charge in [-0.3, -0.25) is 9.59 Å². The first-order valence-corrected chi connectivity index (χ1v) is 5.53. The van der Waals surface area contributed by atoms with Gasteiger partial charge in [0.05, 0.1) is 5.56 Å². The molecule has 2 amide bonds. The van der Waals surface area contributed by atoms with E-state index in [1.165, 1.54) is 0 Å². The maximum absolute atomic E-state index is 12.3. The highest BCUT2D eigenvalue weighted by Gasteiger charge is 2.30. The Kier molecular flexibility index (Phi) is 4.52. The zero-order valence-corrected chi connectivity index (χ0v) is 10.1. The van der Waals surface area contributed by atoms with E-state index in [1.54, 1.807) is 6.92 Å². The second-order valence-electron chi connectivity index (χ2n) is 3.91. The third-order valence-electron chi connectivity index (χ3n) is 2.53. The molecule has 0 saturated carbocycles. The zero-order valence-electron chi connectivity index (χ0n) is 10.1. The van der Waals surface area contributed by atoms with Crippen molar-refractivity contribution >= 4 is 11.8 Å². The summed E-state index contributed by atoms with van der Waals surface area (Å²) >= 11 is 0. The summed E-state index contributed by atoms with van der Waals surface area (Å²) in [6.45, 7) is 1.66. The number of nitrogens with one attached hydrogen (secondary N) is 1. The van der Waals surface area contributed by atoms with Crippen LogP contribution in [-0.2, 0) is 11.0 Å². The van der Waals surface area contributed by atoms with Crippen molar-refractivity contribution < 1.29 is 22.8 Å². The standard InChI is InChI=1S/C12H13F3N2O2/c1-2-9(10(16)18)17-11(19)7-3-5-8(6-4-7)12(13,14)15/h3-6,9H,2H2,1H3,(H2,16,18)(H,17,19)/t9-/m1/s1. The number of carbonyl (C=O) groups is 2. The zero-order chi connectivity index (χ0) is 14.6. The van der Waals surface area contributed by atoms with Gasteiger partial charge in [0.15, 0.2) is 0 Å². The van der Waals surface area contributed by atoms with Gasteiger partial charge in [-0.15, -0.1) is 0 Å². The van der Waals surface area contributed by atoms with Gasteiger partial charge < -0.3 is 11.1 Å². The van der Waals surface area contributed by atoms with Gasteiger partial charge in [-0.2, -0.15) is 13.2 Å². The van der Waals surface area contributed by atoms with Crippen LogP contribution in [0, 0.1) is 0 Å². The van der Waals surface area contributed by atoms with Crippen molar-refractivity contribution in [3.05, 3.63) is 35.4 Å². The number of hydrogen-bond donors (Lipinski definition) is 2. The van der Waals surface area contributed by atoms with Crippen LogP contribution in [0.25, 0.3) is 0 Å². The van der Waals surface area contributed by atoms with E-state index in [1.807, 2.05) is 0 Å². The highest BCUT2D eigenvalue weighted by Crippen LogP contribution is 2.29. The van der Waals surface area contributed by atoms with E-state index in [0.29, 0.717) is 6.42 Å². The Morgan fingerprint density at radius 3 is 2.16 bits per heavy atom. The van der Waals surface area contributed by atoms with Gasteiger partial charge >= 0.3 is 6.18 Å². The molecule has 0 saturated heterocycles. The van der Waals surface area contributed by atoms with Gasteiger partial charge in [0.1, 0.15) is 6.04 Å². The van der Waals surface area contributed by atoms with Crippen LogP contribution < -0.4 is 11.1 Å². The Bertz CT molecular complexity index is 469. The molecule has 0 aliphatic rings. The molecule has 0 bridgehead atoms. The predicted molar refractivity (Wildman–Crippen MR) is 62.2 cm³/mol. The molecular formula is C12H13F3N2O2. The molecule has 0 aromatic heterocycles. The lowest BCUT2D eigenvalue weighted by molar-refractivity contribution is -0.137. The molecule has 4 nitrogen and oxygen atoms in total. The summed E-state index contributed by atoms with van der Waals surface area (Å²) in [6, 6.07) is 2.87. The van der Waals surface area contributed by atoms with Gasteiger partial charge in [0, 0.05) is 5.56 Å². The smallest absolute Gasteiger partial charge is 0.368 e. The lowest BCUT2D eigenvalue weighted by Gasteiger charge is -2.13. The second-order valence-corrected chi connectivity index (χ2v) is 3.91. The number of nitrogens with two attached hydrogens (primary N) is 1. The molecule has 104 valence electrons. The fraction of sp³-hybridized carbons (Fsp3) is 0.333. The van der Waals surface area contributed by atoms with E-state index in [-0.39, 0.29) is 5.56 Å². The van der Waals surface area contributed by atoms with Crippen LogP contribution in [0.2, 0.25) is 0 Å². The Hall–Kier alpha value is -2.05. The Balaban J connectivity index is 2.81. The summed E-state index contributed by atoms with van der Waals surface area (Å²) in [7, 11) is 0. The number of rotatable bonds is 4. The molecule has 0 aliphatic heterocycles. The van der Waals surface area contributed by atoms with E-state index in [2.05, 4.69) is 5.32 Å². The normalized spacial score (nSPS) is 12.8. The third kappa shape index (κ3) is 3.97. The number of carbonyl (C=O) groups excluding carboxylic acids is 2. The van der Waals surface area contributed by atoms with Gasteiger partial charge in [0.2, 0.25) is 5.91 Å². The molecule has 1 atom stereocenters. The van der Waals surface area contributed by atoms with Crippen LogP contribution >= 0.6 is 0 Å². The van der Waals surface area contributed by atoms with Crippen LogP contribution in [0.3, 0.4) is 0 Å². The molecule has 0 fully saturated rings. The number of primary amides is 1. The molecule has 0 heterocycles.